The molecule has 0 aromatic carbocycles. The van der Waals surface area contributed by atoms with Crippen LogP contribution in [0.1, 0.15) is 22.3 Å². The van der Waals surface area contributed by atoms with Gasteiger partial charge in [-0.05, 0) is 6.92 Å². The van der Waals surface area contributed by atoms with E-state index in [0.717, 1.165) is 0 Å². The van der Waals surface area contributed by atoms with Crippen LogP contribution in [0.5, 0.6) is 0 Å². The molecule has 1 heterocycles. The first kappa shape index (κ1) is 12.3. The highest BCUT2D eigenvalue weighted by molar-refractivity contribution is 7.17. The van der Waals surface area contributed by atoms with Crippen molar-refractivity contribution in [1.82, 2.24) is 10.3 Å². The van der Waals surface area contributed by atoms with Crippen molar-refractivity contribution in [3.63, 3.8) is 0 Å². The van der Waals surface area contributed by atoms with Crippen LogP contribution in [0.25, 0.3) is 0 Å². The Hall–Kier alpha value is -0.820. The van der Waals surface area contributed by atoms with Crippen LogP contribution in [-0.4, -0.2) is 17.4 Å². The number of hydrogen-bond donors (Lipinski definition) is 1. The van der Waals surface area contributed by atoms with Gasteiger partial charge in [0.15, 0.2) is 10.2 Å². The molecule has 0 unspecified atom stereocenters. The third-order valence-electron chi connectivity index (χ3n) is 1.41. The molecular weight excluding hydrogens is 253 g/mol. The molecule has 1 amide bonds. The minimum Gasteiger partial charge on any atom is -0.352 e. The number of rotatable bonds is 2. The van der Waals surface area contributed by atoms with Crippen molar-refractivity contribution in [2.45, 2.75) is 13.1 Å². The molecule has 0 saturated carbocycles. The van der Waals surface area contributed by atoms with Gasteiger partial charge in [-0.1, -0.05) is 22.9 Å². The number of nitrogens with one attached hydrogen (secondary N) is 1. The predicted octanol–water partition coefficient (Wildman–Crippen LogP) is 2.57. The van der Waals surface area contributed by atoms with E-state index in [-0.39, 0.29) is 11.0 Å². The maximum atomic E-state index is 12.4. The molecule has 0 aliphatic rings. The van der Waals surface area contributed by atoms with E-state index in [2.05, 4.69) is 10.3 Å². The first-order chi connectivity index (χ1) is 6.86. The van der Waals surface area contributed by atoms with Gasteiger partial charge in [0, 0.05) is 6.54 Å². The summed E-state index contributed by atoms with van der Waals surface area (Å²) in [6.45, 7) is 1.85. The van der Waals surface area contributed by atoms with Crippen LogP contribution in [0.4, 0.5) is 13.2 Å². The van der Waals surface area contributed by atoms with Crippen LogP contribution in [-0.2, 0) is 6.18 Å². The second-order valence-corrected chi connectivity index (χ2v) is 4.08. The van der Waals surface area contributed by atoms with Crippen LogP contribution in [0.3, 0.4) is 0 Å². The lowest BCUT2D eigenvalue weighted by Gasteiger charge is -2.05. The Balaban J connectivity index is 3.12. The summed E-state index contributed by atoms with van der Waals surface area (Å²) < 4.78 is 36.8. The first-order valence-electron chi connectivity index (χ1n) is 3.88. The molecule has 0 bridgehead atoms. The number of alkyl halides is 3. The molecule has 1 aromatic heterocycles. The molecule has 0 spiro atoms. The second-order valence-electron chi connectivity index (χ2n) is 2.50. The second kappa shape index (κ2) is 4.36. The Kier molecular flexibility index (Phi) is 3.56. The van der Waals surface area contributed by atoms with Crippen molar-refractivity contribution < 1.29 is 18.0 Å². The van der Waals surface area contributed by atoms with Gasteiger partial charge >= 0.3 is 6.18 Å². The number of amides is 1. The molecule has 0 fully saturated rings. The van der Waals surface area contributed by atoms with Gasteiger partial charge in [-0.15, -0.1) is 0 Å². The lowest BCUT2D eigenvalue weighted by Crippen LogP contribution is -2.24. The van der Waals surface area contributed by atoms with E-state index in [0.29, 0.717) is 11.3 Å². The fourth-order valence-electron chi connectivity index (χ4n) is 0.881. The average molecular weight is 259 g/mol. The van der Waals surface area contributed by atoms with Crippen LogP contribution in [0.15, 0.2) is 0 Å². The van der Waals surface area contributed by atoms with E-state index < -0.39 is 22.7 Å². The van der Waals surface area contributed by atoms with Crippen molar-refractivity contribution in [3.05, 3.63) is 15.0 Å². The molecule has 84 valence electrons. The van der Waals surface area contributed by atoms with Gasteiger partial charge in [-0.25, -0.2) is 4.98 Å². The summed E-state index contributed by atoms with van der Waals surface area (Å²) >= 11 is 5.85. The van der Waals surface area contributed by atoms with Crippen molar-refractivity contribution in [3.8, 4) is 0 Å². The highest BCUT2D eigenvalue weighted by Crippen LogP contribution is 2.35. The number of carbonyl (C=O) groups excluding carboxylic acids is 1. The molecule has 3 nitrogen and oxygen atoms in total. The predicted molar refractivity (Wildman–Crippen MR) is 50.1 cm³/mol. The zero-order valence-corrected chi connectivity index (χ0v) is 9.06. The molecule has 1 N–H and O–H groups in total. The number of thiazole rings is 1. The normalized spacial score (nSPS) is 11.5. The Morgan fingerprint density at radius 1 is 1.60 bits per heavy atom. The molecule has 8 heteroatoms. The highest BCUT2D eigenvalue weighted by Gasteiger charge is 2.39. The molecule has 0 radical (unpaired) electrons. The SMILES string of the molecule is CCNC(=O)c1sc(Cl)nc1C(F)(F)F. The lowest BCUT2D eigenvalue weighted by molar-refractivity contribution is -0.141. The van der Waals surface area contributed by atoms with Crippen molar-refractivity contribution in [2.24, 2.45) is 0 Å². The van der Waals surface area contributed by atoms with Crippen molar-refractivity contribution >= 4 is 28.8 Å². The van der Waals surface area contributed by atoms with Gasteiger partial charge in [-0.3, -0.25) is 4.79 Å². The molecule has 0 saturated heterocycles. The zero-order chi connectivity index (χ0) is 11.6. The molecule has 15 heavy (non-hydrogen) atoms. The largest absolute Gasteiger partial charge is 0.435 e. The fraction of sp³-hybridized carbons (Fsp3) is 0.429. The quantitative estimate of drug-likeness (QED) is 0.886. The monoisotopic (exact) mass is 258 g/mol. The van der Waals surface area contributed by atoms with Crippen LogP contribution < -0.4 is 5.32 Å². The topological polar surface area (TPSA) is 42.0 Å². The third kappa shape index (κ3) is 2.82. The van der Waals surface area contributed by atoms with Crippen LogP contribution in [0, 0.1) is 0 Å². The van der Waals surface area contributed by atoms with Gasteiger partial charge in [0.1, 0.15) is 4.88 Å². The molecule has 0 aliphatic heterocycles. The van der Waals surface area contributed by atoms with E-state index >= 15 is 0 Å². The average Bonchev–Trinajstić information content (AvgIpc) is 2.47. The van der Waals surface area contributed by atoms with Crippen molar-refractivity contribution in [2.75, 3.05) is 6.54 Å². The summed E-state index contributed by atoms with van der Waals surface area (Å²) in [7, 11) is 0. The summed E-state index contributed by atoms with van der Waals surface area (Å²) in [6, 6.07) is 0. The van der Waals surface area contributed by atoms with Gasteiger partial charge in [0.25, 0.3) is 5.91 Å². The Morgan fingerprint density at radius 3 is 2.67 bits per heavy atom. The maximum absolute atomic E-state index is 12.4. The smallest absolute Gasteiger partial charge is 0.352 e. The van der Waals surface area contributed by atoms with Gasteiger partial charge in [-0.2, -0.15) is 13.2 Å². The highest BCUT2D eigenvalue weighted by atomic mass is 35.5. The summed E-state index contributed by atoms with van der Waals surface area (Å²) in [5, 5.41) is 2.26. The molecule has 0 atom stereocenters. The van der Waals surface area contributed by atoms with Gasteiger partial charge in [0.2, 0.25) is 0 Å². The molecule has 0 aliphatic carbocycles. The number of halogens is 4. The van der Waals surface area contributed by atoms with E-state index in [1.807, 2.05) is 0 Å². The summed E-state index contributed by atoms with van der Waals surface area (Å²) in [4.78, 5) is 13.8. The van der Waals surface area contributed by atoms with Crippen LogP contribution >= 0.6 is 22.9 Å². The molecule has 1 rings (SSSR count). The number of carbonyl (C=O) groups is 1. The Morgan fingerprint density at radius 2 is 2.20 bits per heavy atom. The maximum Gasteiger partial charge on any atom is 0.435 e. The van der Waals surface area contributed by atoms with E-state index in [9.17, 15) is 18.0 Å². The van der Waals surface area contributed by atoms with Gasteiger partial charge < -0.3 is 5.32 Å². The summed E-state index contributed by atoms with van der Waals surface area (Å²) in [5.41, 5.74) is -1.23. The zero-order valence-electron chi connectivity index (χ0n) is 7.48. The van der Waals surface area contributed by atoms with Crippen molar-refractivity contribution in [1.29, 1.82) is 0 Å². The Labute approximate surface area is 92.3 Å². The standard InChI is InChI=1S/C7H6ClF3N2OS/c1-2-12-5(14)3-4(7(9,10)11)13-6(8)15-3/h2H2,1H3,(H,12,14). The fourth-order valence-corrected chi connectivity index (χ4v) is 1.93. The Bertz CT molecular complexity index is 377. The summed E-state index contributed by atoms with van der Waals surface area (Å²) in [6.07, 6.45) is -4.66. The molecular formula is C7H6ClF3N2OS. The van der Waals surface area contributed by atoms with Crippen LogP contribution in [0.2, 0.25) is 4.47 Å². The summed E-state index contributed by atoms with van der Waals surface area (Å²) in [5.74, 6) is -0.811. The number of nitrogens with zero attached hydrogens (tertiary/aromatic N) is 1. The number of aromatic nitrogens is 1. The van der Waals surface area contributed by atoms with E-state index in [4.69, 9.17) is 11.6 Å². The first-order valence-corrected chi connectivity index (χ1v) is 5.07. The molecule has 1 aromatic rings. The minimum atomic E-state index is -4.66. The van der Waals surface area contributed by atoms with E-state index in [1.165, 1.54) is 0 Å². The third-order valence-corrected chi connectivity index (χ3v) is 2.57. The number of hydrogen-bond acceptors (Lipinski definition) is 3. The minimum absolute atomic E-state index is 0.242. The lowest BCUT2D eigenvalue weighted by atomic mass is 10.3. The van der Waals surface area contributed by atoms with E-state index in [1.54, 1.807) is 6.92 Å². The van der Waals surface area contributed by atoms with Gasteiger partial charge in [0.05, 0.1) is 0 Å².